The van der Waals surface area contributed by atoms with Gasteiger partial charge in [0.1, 0.15) is 6.20 Å². The molecule has 0 radical (unpaired) electrons. The molecule has 1 heterocycles. The fraction of sp³-hybridized carbons (Fsp3) is 0.0909. The van der Waals surface area contributed by atoms with Crippen LogP contribution in [0.2, 0.25) is 5.02 Å². The van der Waals surface area contributed by atoms with E-state index in [1.54, 1.807) is 12.1 Å². The minimum Gasteiger partial charge on any atom is -0.368 e. The van der Waals surface area contributed by atoms with Crippen molar-refractivity contribution in [1.82, 2.24) is 9.97 Å². The van der Waals surface area contributed by atoms with Gasteiger partial charge in [0.05, 0.1) is 4.92 Å². The van der Waals surface area contributed by atoms with Gasteiger partial charge in [-0.05, 0) is 17.7 Å². The summed E-state index contributed by atoms with van der Waals surface area (Å²) in [7, 11) is 0. The molecular weight excluding hydrogens is 270 g/mol. The van der Waals surface area contributed by atoms with Crippen molar-refractivity contribution in [3.05, 3.63) is 51.2 Å². The Hall–Kier alpha value is -2.41. The highest BCUT2D eigenvalue weighted by Crippen LogP contribution is 2.21. The Balaban J connectivity index is 2.16. The number of anilines is 2. The molecule has 1 aromatic heterocycles. The van der Waals surface area contributed by atoms with Gasteiger partial charge in [-0.1, -0.05) is 23.7 Å². The van der Waals surface area contributed by atoms with Crippen LogP contribution in [0, 0.1) is 10.1 Å². The molecule has 19 heavy (non-hydrogen) atoms. The van der Waals surface area contributed by atoms with Crippen LogP contribution >= 0.6 is 11.6 Å². The van der Waals surface area contributed by atoms with Crippen LogP contribution in [0.1, 0.15) is 5.56 Å². The normalized spacial score (nSPS) is 10.2. The first-order valence-corrected chi connectivity index (χ1v) is 5.69. The number of nitrogens with one attached hydrogen (secondary N) is 1. The summed E-state index contributed by atoms with van der Waals surface area (Å²) < 4.78 is 0. The largest absolute Gasteiger partial charge is 0.368 e. The summed E-state index contributed by atoms with van der Waals surface area (Å²) in [5, 5.41) is 14.3. The third kappa shape index (κ3) is 3.29. The van der Waals surface area contributed by atoms with Gasteiger partial charge in [-0.25, -0.2) is 4.98 Å². The van der Waals surface area contributed by atoms with Gasteiger partial charge in [0.2, 0.25) is 11.8 Å². The highest BCUT2D eigenvalue weighted by molar-refractivity contribution is 6.30. The summed E-state index contributed by atoms with van der Waals surface area (Å²) in [6.07, 6.45) is 1.08. The van der Waals surface area contributed by atoms with Crippen molar-refractivity contribution in [2.45, 2.75) is 6.54 Å². The van der Waals surface area contributed by atoms with Crippen LogP contribution in [0.5, 0.6) is 0 Å². The van der Waals surface area contributed by atoms with E-state index < -0.39 is 4.92 Å². The van der Waals surface area contributed by atoms with E-state index >= 15 is 0 Å². The zero-order chi connectivity index (χ0) is 13.8. The zero-order valence-electron chi connectivity index (χ0n) is 9.71. The molecule has 0 atom stereocenters. The van der Waals surface area contributed by atoms with Crippen LogP contribution in [-0.2, 0) is 6.54 Å². The topological polar surface area (TPSA) is 107 Å². The third-order valence-corrected chi connectivity index (χ3v) is 2.61. The molecular formula is C11H10ClN5O2. The second-order valence-electron chi connectivity index (χ2n) is 3.70. The third-order valence-electron chi connectivity index (χ3n) is 2.36. The number of hydrogen-bond donors (Lipinski definition) is 2. The van der Waals surface area contributed by atoms with E-state index in [1.165, 1.54) is 0 Å². The number of halogens is 1. The smallest absolute Gasteiger partial charge is 0.329 e. The molecule has 0 fully saturated rings. The van der Waals surface area contributed by atoms with E-state index in [2.05, 4.69) is 15.3 Å². The number of hydrogen-bond acceptors (Lipinski definition) is 6. The number of nitrogens with zero attached hydrogens (tertiary/aromatic N) is 3. The summed E-state index contributed by atoms with van der Waals surface area (Å²) in [4.78, 5) is 17.7. The highest BCUT2D eigenvalue weighted by atomic mass is 35.5. The van der Waals surface area contributed by atoms with Gasteiger partial charge < -0.3 is 11.1 Å². The van der Waals surface area contributed by atoms with Crippen LogP contribution in [0.25, 0.3) is 0 Å². The second-order valence-corrected chi connectivity index (χ2v) is 4.14. The lowest BCUT2D eigenvalue weighted by atomic mass is 10.2. The van der Waals surface area contributed by atoms with Gasteiger partial charge >= 0.3 is 5.69 Å². The Morgan fingerprint density at radius 3 is 2.68 bits per heavy atom. The van der Waals surface area contributed by atoms with Gasteiger partial charge in [-0.2, -0.15) is 4.98 Å². The maximum absolute atomic E-state index is 10.8. The molecule has 0 aliphatic carbocycles. The molecule has 0 amide bonds. The molecule has 8 heteroatoms. The molecule has 3 N–H and O–H groups in total. The molecule has 0 unspecified atom stereocenters. The fourth-order valence-electron chi connectivity index (χ4n) is 1.44. The van der Waals surface area contributed by atoms with E-state index in [-0.39, 0.29) is 17.5 Å². The van der Waals surface area contributed by atoms with Crippen molar-refractivity contribution in [2.75, 3.05) is 11.1 Å². The van der Waals surface area contributed by atoms with Crippen molar-refractivity contribution in [3.63, 3.8) is 0 Å². The van der Waals surface area contributed by atoms with E-state index in [4.69, 9.17) is 17.3 Å². The van der Waals surface area contributed by atoms with Crippen molar-refractivity contribution in [1.29, 1.82) is 0 Å². The molecule has 0 saturated carbocycles. The van der Waals surface area contributed by atoms with Gasteiger partial charge in [-0.3, -0.25) is 10.1 Å². The molecule has 0 aliphatic heterocycles. The van der Waals surface area contributed by atoms with Gasteiger partial charge in [0.15, 0.2) is 0 Å². The first kappa shape index (κ1) is 13.0. The van der Waals surface area contributed by atoms with Gasteiger partial charge in [0.25, 0.3) is 0 Å². The quantitative estimate of drug-likeness (QED) is 0.656. The number of benzene rings is 1. The monoisotopic (exact) mass is 279 g/mol. The fourth-order valence-corrected chi connectivity index (χ4v) is 1.57. The average Bonchev–Trinajstić information content (AvgIpc) is 2.38. The minimum atomic E-state index is -0.566. The average molecular weight is 280 g/mol. The van der Waals surface area contributed by atoms with Crippen molar-refractivity contribution in [2.24, 2.45) is 0 Å². The number of rotatable bonds is 4. The van der Waals surface area contributed by atoms with Crippen LogP contribution in [0.15, 0.2) is 30.5 Å². The van der Waals surface area contributed by atoms with Crippen molar-refractivity contribution in [3.8, 4) is 0 Å². The van der Waals surface area contributed by atoms with E-state index in [1.807, 2.05) is 12.1 Å². The van der Waals surface area contributed by atoms with Crippen molar-refractivity contribution >= 4 is 29.1 Å². The molecule has 2 rings (SSSR count). The van der Waals surface area contributed by atoms with Gasteiger partial charge in [-0.15, -0.1) is 0 Å². The number of nitrogen functional groups attached to an aromatic ring is 1. The Kier molecular flexibility index (Phi) is 3.76. The van der Waals surface area contributed by atoms with Gasteiger partial charge in [0, 0.05) is 11.6 Å². The molecule has 1 aromatic carbocycles. The Morgan fingerprint density at radius 1 is 1.37 bits per heavy atom. The maximum Gasteiger partial charge on any atom is 0.329 e. The zero-order valence-corrected chi connectivity index (χ0v) is 10.5. The molecule has 0 aliphatic rings. The lowest BCUT2D eigenvalue weighted by Gasteiger charge is -2.06. The molecule has 98 valence electrons. The Labute approximate surface area is 113 Å². The number of nitrogens with two attached hydrogens (primary N) is 1. The summed E-state index contributed by atoms with van der Waals surface area (Å²) >= 11 is 5.77. The predicted molar refractivity (Wildman–Crippen MR) is 71.9 cm³/mol. The number of nitro groups is 1. The van der Waals surface area contributed by atoms with Crippen LogP contribution < -0.4 is 11.1 Å². The summed E-state index contributed by atoms with van der Waals surface area (Å²) in [5.74, 6) is 0.0663. The Bertz CT molecular complexity index is 603. The van der Waals surface area contributed by atoms with Crippen LogP contribution in [0.3, 0.4) is 0 Å². The summed E-state index contributed by atoms with van der Waals surface area (Å²) in [5.41, 5.74) is 6.11. The SMILES string of the molecule is Nc1ncc([N+](=O)[O-])c(NCc2ccc(Cl)cc2)n1. The second kappa shape index (κ2) is 5.49. The molecule has 0 spiro atoms. The first-order valence-electron chi connectivity index (χ1n) is 5.31. The molecule has 0 bridgehead atoms. The molecule has 0 saturated heterocycles. The summed E-state index contributed by atoms with van der Waals surface area (Å²) in [6, 6.07) is 7.10. The lowest BCUT2D eigenvalue weighted by molar-refractivity contribution is -0.384. The minimum absolute atomic E-state index is 0.0239. The molecule has 2 aromatic rings. The van der Waals surface area contributed by atoms with Crippen molar-refractivity contribution < 1.29 is 4.92 Å². The van der Waals surface area contributed by atoms with Crippen LogP contribution in [0.4, 0.5) is 17.5 Å². The van der Waals surface area contributed by atoms with E-state index in [0.29, 0.717) is 11.6 Å². The number of aromatic nitrogens is 2. The van der Waals surface area contributed by atoms with Crippen LogP contribution in [-0.4, -0.2) is 14.9 Å². The van der Waals surface area contributed by atoms with E-state index in [0.717, 1.165) is 11.8 Å². The lowest BCUT2D eigenvalue weighted by Crippen LogP contribution is -2.07. The first-order chi connectivity index (χ1) is 9.06. The summed E-state index contributed by atoms with van der Waals surface area (Å²) in [6.45, 7) is 0.370. The Morgan fingerprint density at radius 2 is 2.05 bits per heavy atom. The standard InChI is InChI=1S/C11H10ClN5O2/c12-8-3-1-7(2-4-8)5-14-10-9(17(18)19)6-15-11(13)16-10/h1-4,6H,5H2,(H3,13,14,15,16). The predicted octanol–water partition coefficient (Wildman–Crippen LogP) is 2.23. The highest BCUT2D eigenvalue weighted by Gasteiger charge is 2.16. The van der Waals surface area contributed by atoms with E-state index in [9.17, 15) is 10.1 Å². The molecule has 7 nitrogen and oxygen atoms in total. The maximum atomic E-state index is 10.8.